The van der Waals surface area contributed by atoms with Crippen LogP contribution in [0.3, 0.4) is 0 Å². The first-order valence-corrected chi connectivity index (χ1v) is 14.2. The van der Waals surface area contributed by atoms with Gasteiger partial charge >= 0.3 is 6.09 Å². The maximum absolute atomic E-state index is 13.6. The van der Waals surface area contributed by atoms with Crippen LogP contribution in [0.15, 0.2) is 48.6 Å². The van der Waals surface area contributed by atoms with Gasteiger partial charge in [-0.15, -0.1) is 0 Å². The summed E-state index contributed by atoms with van der Waals surface area (Å²) >= 11 is 6.55. The molecule has 1 spiro atoms. The summed E-state index contributed by atoms with van der Waals surface area (Å²) in [6.07, 6.45) is 7.28. The van der Waals surface area contributed by atoms with Crippen molar-refractivity contribution in [1.29, 1.82) is 0 Å². The van der Waals surface area contributed by atoms with Crippen molar-refractivity contribution < 1.29 is 19.1 Å². The summed E-state index contributed by atoms with van der Waals surface area (Å²) in [5, 5.41) is 3.47. The Hall–Kier alpha value is -2.83. The zero-order chi connectivity index (χ0) is 26.2. The highest BCUT2D eigenvalue weighted by molar-refractivity contribution is 6.31. The lowest BCUT2D eigenvalue weighted by atomic mass is 9.53. The van der Waals surface area contributed by atoms with Gasteiger partial charge in [-0.1, -0.05) is 48.0 Å². The van der Waals surface area contributed by atoms with Crippen LogP contribution in [0.5, 0.6) is 5.75 Å². The van der Waals surface area contributed by atoms with E-state index in [1.807, 2.05) is 24.3 Å². The second-order valence-electron chi connectivity index (χ2n) is 11.7. The number of piperidine rings is 1. The van der Waals surface area contributed by atoms with Gasteiger partial charge in [-0.05, 0) is 75.9 Å². The van der Waals surface area contributed by atoms with Crippen molar-refractivity contribution >= 4 is 23.5 Å². The molecule has 2 aliphatic heterocycles. The van der Waals surface area contributed by atoms with Gasteiger partial charge in [0.2, 0.25) is 0 Å². The minimum atomic E-state index is -1.18. The van der Waals surface area contributed by atoms with Crippen molar-refractivity contribution in [2.75, 3.05) is 13.6 Å². The molecule has 5 aliphatic rings. The van der Waals surface area contributed by atoms with Gasteiger partial charge in [0.1, 0.15) is 17.4 Å². The molecule has 2 fully saturated rings. The second-order valence-corrected chi connectivity index (χ2v) is 12.2. The van der Waals surface area contributed by atoms with Gasteiger partial charge in [0, 0.05) is 39.9 Å². The Bertz CT molecular complexity index is 1370. The van der Waals surface area contributed by atoms with Crippen LogP contribution in [-0.2, 0) is 26.9 Å². The molecule has 2 aromatic rings. The van der Waals surface area contributed by atoms with E-state index >= 15 is 0 Å². The average molecular weight is 533 g/mol. The van der Waals surface area contributed by atoms with Crippen LogP contribution in [-0.4, -0.2) is 48.6 Å². The molecule has 2 bridgehead atoms. The molecule has 38 heavy (non-hydrogen) atoms. The predicted molar refractivity (Wildman–Crippen MR) is 145 cm³/mol. The molecule has 2 aromatic carbocycles. The van der Waals surface area contributed by atoms with Gasteiger partial charge in [0.05, 0.1) is 0 Å². The normalized spacial score (nSPS) is 34.9. The van der Waals surface area contributed by atoms with Crippen molar-refractivity contribution in [3.63, 3.8) is 0 Å². The number of hydrogen-bond donors (Lipinski definition) is 1. The van der Waals surface area contributed by atoms with Crippen molar-refractivity contribution in [2.24, 2.45) is 5.92 Å². The molecule has 7 rings (SSSR count). The fourth-order valence-electron chi connectivity index (χ4n) is 8.12. The molecule has 2 heterocycles. The monoisotopic (exact) mass is 532 g/mol. The quantitative estimate of drug-likeness (QED) is 0.548. The first-order valence-electron chi connectivity index (χ1n) is 13.8. The molecule has 1 unspecified atom stereocenters. The van der Waals surface area contributed by atoms with Crippen molar-refractivity contribution in [2.45, 2.75) is 74.7 Å². The number of likely N-dealkylation sites (N-methyl/N-ethyl adjacent to an activating group) is 1. The number of benzene rings is 2. The van der Waals surface area contributed by atoms with Gasteiger partial charge < -0.3 is 19.7 Å². The number of Topliss-reactive ketones (excluding diaryl/α,β-unsaturated/α-hetero) is 1. The van der Waals surface area contributed by atoms with E-state index in [4.69, 9.17) is 21.1 Å². The van der Waals surface area contributed by atoms with Crippen LogP contribution < -0.4 is 10.1 Å². The zero-order valence-electron chi connectivity index (χ0n) is 21.8. The summed E-state index contributed by atoms with van der Waals surface area (Å²) < 4.78 is 12.9. The molecule has 6 atom stereocenters. The van der Waals surface area contributed by atoms with E-state index in [0.717, 1.165) is 43.5 Å². The third-order valence-electron chi connectivity index (χ3n) is 9.92. The van der Waals surface area contributed by atoms with Crippen LogP contribution in [0.4, 0.5) is 4.79 Å². The first kappa shape index (κ1) is 24.2. The van der Waals surface area contributed by atoms with Gasteiger partial charge in [-0.2, -0.15) is 0 Å². The largest absolute Gasteiger partial charge is 0.485 e. The van der Waals surface area contributed by atoms with Gasteiger partial charge in [0.15, 0.2) is 11.9 Å². The highest BCUT2D eigenvalue weighted by Gasteiger charge is 2.64. The molecular formula is C31H33ClN2O4. The number of likely N-dealkylation sites (tertiary alicyclic amines) is 1. The Kier molecular flexibility index (Phi) is 5.47. The van der Waals surface area contributed by atoms with Crippen molar-refractivity contribution in [3.8, 4) is 5.75 Å². The fourth-order valence-corrected chi connectivity index (χ4v) is 8.41. The molecule has 1 saturated carbocycles. The molecular weight excluding hydrogens is 500 g/mol. The van der Waals surface area contributed by atoms with Gasteiger partial charge in [0.25, 0.3) is 0 Å². The van der Waals surface area contributed by atoms with E-state index in [9.17, 15) is 9.59 Å². The minimum Gasteiger partial charge on any atom is -0.485 e. The van der Waals surface area contributed by atoms with Crippen LogP contribution >= 0.6 is 11.6 Å². The number of carbonyl (C=O) groups excluding carboxylic acids is 2. The number of amides is 1. The summed E-state index contributed by atoms with van der Waals surface area (Å²) in [4.78, 5) is 29.4. The summed E-state index contributed by atoms with van der Waals surface area (Å²) in [5.41, 5.74) is 3.04. The molecule has 1 saturated heterocycles. The summed E-state index contributed by atoms with van der Waals surface area (Å²) in [5.74, 6) is 1.24. The molecule has 1 N–H and O–H groups in total. The second kappa shape index (κ2) is 8.59. The number of alkyl carbamates (subject to hydrolysis) is 1. The number of aryl methyl sites for hydroxylation is 1. The Labute approximate surface area is 228 Å². The Morgan fingerprint density at radius 2 is 2.00 bits per heavy atom. The molecule has 3 aliphatic carbocycles. The minimum absolute atomic E-state index is 0.0260. The number of rotatable bonds is 3. The molecule has 1 amide bonds. The predicted octanol–water partition coefficient (Wildman–Crippen LogP) is 5.23. The van der Waals surface area contributed by atoms with E-state index in [1.165, 1.54) is 11.1 Å². The van der Waals surface area contributed by atoms with Crippen LogP contribution in [0.1, 0.15) is 54.4 Å². The van der Waals surface area contributed by atoms with Crippen LogP contribution in [0.2, 0.25) is 5.02 Å². The number of nitrogens with one attached hydrogen (secondary N) is 1. The zero-order valence-corrected chi connectivity index (χ0v) is 22.6. The van der Waals surface area contributed by atoms with Crippen molar-refractivity contribution in [3.05, 3.63) is 75.8 Å². The number of halogens is 1. The lowest BCUT2D eigenvalue weighted by Crippen LogP contribution is -2.65. The first-order chi connectivity index (χ1) is 18.3. The highest BCUT2D eigenvalue weighted by atomic mass is 35.5. The number of ketones is 1. The van der Waals surface area contributed by atoms with Crippen LogP contribution in [0, 0.1) is 12.8 Å². The summed E-state index contributed by atoms with van der Waals surface area (Å²) in [6.45, 7) is 3.07. The summed E-state index contributed by atoms with van der Waals surface area (Å²) in [6, 6.07) is 12.1. The van der Waals surface area contributed by atoms with E-state index in [0.29, 0.717) is 35.4 Å². The average Bonchev–Trinajstić information content (AvgIpc) is 3.26. The van der Waals surface area contributed by atoms with Crippen LogP contribution in [0.25, 0.3) is 0 Å². The number of hydrogen-bond acceptors (Lipinski definition) is 5. The molecule has 0 radical (unpaired) electrons. The van der Waals surface area contributed by atoms with Gasteiger partial charge in [-0.25, -0.2) is 4.79 Å². The third kappa shape index (κ3) is 3.23. The SMILES string of the molecule is Cc1ccc2c3c1O[C@H]1[C@@H](OC(=O)NC4(c5ccccc5Cl)CCCCC4=O)C=C[C@H]4[C@@H](C2)N(C)CC[C@@]341. The third-order valence-corrected chi connectivity index (χ3v) is 10.3. The fraction of sp³-hybridized carbons (Fsp3) is 0.484. The van der Waals surface area contributed by atoms with Crippen molar-refractivity contribution in [1.82, 2.24) is 10.2 Å². The van der Waals surface area contributed by atoms with E-state index in [-0.39, 0.29) is 17.3 Å². The number of carbonyl (C=O) groups is 2. The smallest absolute Gasteiger partial charge is 0.408 e. The highest BCUT2D eigenvalue weighted by Crippen LogP contribution is 2.61. The van der Waals surface area contributed by atoms with E-state index in [2.05, 4.69) is 42.4 Å². The van der Waals surface area contributed by atoms with E-state index < -0.39 is 17.7 Å². The maximum Gasteiger partial charge on any atom is 0.408 e. The lowest BCUT2D eigenvalue weighted by Gasteiger charge is -2.56. The Balaban J connectivity index is 1.23. The standard InChI is InChI=1S/C31H33ClN2O4/c1-18-10-11-19-17-23-21-12-13-24(28-30(21,15-16-34(23)2)26(19)27(18)38-28)37-29(36)33-31(14-6-5-9-25(31)35)20-7-3-4-8-22(20)32/h3-4,7-8,10-13,21,23-24,28H,5-6,9,14-17H2,1-2H3,(H,33,36)/t21-,23+,24-,28-,30-,31?/m0/s1. The molecule has 0 aromatic heterocycles. The van der Waals surface area contributed by atoms with E-state index in [1.54, 1.807) is 6.07 Å². The lowest BCUT2D eigenvalue weighted by molar-refractivity contribution is -0.128. The molecule has 7 heteroatoms. The Morgan fingerprint density at radius 1 is 1.16 bits per heavy atom. The number of ether oxygens (including phenoxy) is 2. The number of nitrogens with zero attached hydrogens (tertiary/aromatic N) is 1. The Morgan fingerprint density at radius 3 is 2.82 bits per heavy atom. The summed E-state index contributed by atoms with van der Waals surface area (Å²) in [7, 11) is 2.21. The molecule has 198 valence electrons. The van der Waals surface area contributed by atoms with Gasteiger partial charge in [-0.3, -0.25) is 4.79 Å². The molecule has 6 nitrogen and oxygen atoms in total. The maximum atomic E-state index is 13.6. The topological polar surface area (TPSA) is 67.9 Å².